The third-order valence-electron chi connectivity index (χ3n) is 5.78. The molecule has 3 aromatic heterocycles. The monoisotopic (exact) mass is 440 g/mol. The molecule has 0 bridgehead atoms. The molecule has 164 valence electrons. The first-order valence-electron chi connectivity index (χ1n) is 10.0. The molecule has 1 aliphatic rings. The number of aromatic nitrogens is 5. The first-order chi connectivity index (χ1) is 15.2. The minimum Gasteiger partial charge on any atom is -0.331 e. The average molecular weight is 440 g/mol. The van der Waals surface area contributed by atoms with E-state index in [1.807, 2.05) is 30.3 Å². The normalized spacial score (nSPS) is 14.1. The van der Waals surface area contributed by atoms with E-state index >= 15 is 0 Å². The minimum absolute atomic E-state index is 0.195. The van der Waals surface area contributed by atoms with Gasteiger partial charge in [-0.15, -0.1) is 0 Å². The van der Waals surface area contributed by atoms with Crippen molar-refractivity contribution in [2.75, 3.05) is 6.54 Å². The smallest absolute Gasteiger partial charge is 0.331 e. The summed E-state index contributed by atoms with van der Waals surface area (Å²) in [5.41, 5.74) is 1.85. The summed E-state index contributed by atoms with van der Waals surface area (Å²) in [5, 5.41) is 9.84. The number of halogens is 3. The molecule has 0 saturated carbocycles. The predicted octanol–water partition coefficient (Wildman–Crippen LogP) is 3.59. The molecule has 1 amide bonds. The maximum absolute atomic E-state index is 13.2. The third kappa shape index (κ3) is 3.22. The molecule has 0 spiro atoms. The highest BCUT2D eigenvalue weighted by Crippen LogP contribution is 2.35. The minimum atomic E-state index is -4.52. The molecule has 5 rings (SSSR count). The molecule has 0 radical (unpaired) electrons. The van der Waals surface area contributed by atoms with Crippen molar-refractivity contribution in [3.8, 4) is 11.4 Å². The molecule has 0 aliphatic carbocycles. The lowest BCUT2D eigenvalue weighted by Crippen LogP contribution is -2.36. The van der Waals surface area contributed by atoms with Gasteiger partial charge >= 0.3 is 6.18 Å². The van der Waals surface area contributed by atoms with Crippen LogP contribution in [0.4, 0.5) is 13.2 Å². The molecule has 0 N–H and O–H groups in total. The number of alkyl halides is 3. The van der Waals surface area contributed by atoms with Crippen LogP contribution in [0.2, 0.25) is 0 Å². The first kappa shape index (κ1) is 20.2. The van der Waals surface area contributed by atoms with Crippen molar-refractivity contribution in [2.45, 2.75) is 19.1 Å². The van der Waals surface area contributed by atoms with Crippen LogP contribution in [0.1, 0.15) is 27.4 Å². The highest BCUT2D eigenvalue weighted by Gasteiger charge is 2.36. The number of nitrogens with zero attached hydrogens (tertiary/aromatic N) is 6. The van der Waals surface area contributed by atoms with Gasteiger partial charge in [-0.3, -0.25) is 19.1 Å². The second-order valence-electron chi connectivity index (χ2n) is 7.79. The van der Waals surface area contributed by atoms with Gasteiger partial charge in [0.05, 0.1) is 23.6 Å². The molecular formula is C22H19F3N6O. The van der Waals surface area contributed by atoms with E-state index in [2.05, 4.69) is 15.2 Å². The Labute approximate surface area is 181 Å². The Morgan fingerprint density at radius 2 is 1.84 bits per heavy atom. The van der Waals surface area contributed by atoms with E-state index in [9.17, 15) is 18.0 Å². The zero-order valence-electron chi connectivity index (χ0n) is 17.4. The van der Waals surface area contributed by atoms with Crippen molar-refractivity contribution < 1.29 is 18.0 Å². The number of rotatable bonds is 2. The number of fused-ring (bicyclic) bond motifs is 2. The van der Waals surface area contributed by atoms with Gasteiger partial charge in [0.25, 0.3) is 5.91 Å². The van der Waals surface area contributed by atoms with E-state index in [0.717, 1.165) is 22.4 Å². The number of benzene rings is 1. The Morgan fingerprint density at radius 1 is 1.06 bits per heavy atom. The van der Waals surface area contributed by atoms with Crippen LogP contribution >= 0.6 is 0 Å². The van der Waals surface area contributed by atoms with Crippen molar-refractivity contribution in [3.05, 3.63) is 65.2 Å². The summed E-state index contributed by atoms with van der Waals surface area (Å²) in [4.78, 5) is 19.2. The Balaban J connectivity index is 1.48. The molecule has 32 heavy (non-hydrogen) atoms. The van der Waals surface area contributed by atoms with Crippen molar-refractivity contribution in [2.24, 2.45) is 14.1 Å². The maximum atomic E-state index is 13.2. The maximum Gasteiger partial charge on any atom is 0.435 e. The van der Waals surface area contributed by atoms with Crippen LogP contribution in [0.3, 0.4) is 0 Å². The number of pyridine rings is 1. The second kappa shape index (κ2) is 7.18. The van der Waals surface area contributed by atoms with Crippen molar-refractivity contribution in [3.63, 3.8) is 0 Å². The van der Waals surface area contributed by atoms with Crippen LogP contribution in [0.15, 0.2) is 42.6 Å². The van der Waals surface area contributed by atoms with Crippen LogP contribution in [0, 0.1) is 0 Å². The van der Waals surface area contributed by atoms with Gasteiger partial charge in [-0.2, -0.15) is 23.4 Å². The molecular weight excluding hydrogens is 421 g/mol. The number of aryl methyl sites for hydroxylation is 2. The third-order valence-corrected chi connectivity index (χ3v) is 5.78. The first-order valence-corrected chi connectivity index (χ1v) is 10.0. The lowest BCUT2D eigenvalue weighted by atomic mass is 10.0. The standard InChI is InChI=1S/C22H19F3N6O/c1-29-17(11-18(28-29)22(23,24)25)20-15-8-10-31(12-16(15)27-30(20)2)21(32)19-14-6-4-3-5-13(14)7-9-26-19/h3-7,9,11H,8,10,12H2,1-2H3. The fraction of sp³-hybridized carbons (Fsp3) is 0.273. The Hall–Kier alpha value is -3.69. The van der Waals surface area contributed by atoms with E-state index in [1.165, 1.54) is 11.7 Å². The van der Waals surface area contributed by atoms with Crippen molar-refractivity contribution >= 4 is 16.7 Å². The van der Waals surface area contributed by atoms with Crippen molar-refractivity contribution in [1.29, 1.82) is 0 Å². The van der Waals surface area contributed by atoms with E-state index in [0.29, 0.717) is 35.7 Å². The highest BCUT2D eigenvalue weighted by atomic mass is 19.4. The van der Waals surface area contributed by atoms with E-state index in [4.69, 9.17) is 0 Å². The summed E-state index contributed by atoms with van der Waals surface area (Å²) in [5.74, 6) is -0.195. The van der Waals surface area contributed by atoms with E-state index in [1.54, 1.807) is 22.8 Å². The fourth-order valence-corrected chi connectivity index (χ4v) is 4.28. The zero-order valence-corrected chi connectivity index (χ0v) is 17.4. The summed E-state index contributed by atoms with van der Waals surface area (Å²) >= 11 is 0. The van der Waals surface area contributed by atoms with Gasteiger partial charge in [0, 0.05) is 37.8 Å². The Morgan fingerprint density at radius 3 is 2.59 bits per heavy atom. The number of hydrogen-bond acceptors (Lipinski definition) is 4. The zero-order chi connectivity index (χ0) is 22.6. The highest BCUT2D eigenvalue weighted by molar-refractivity contribution is 6.05. The predicted molar refractivity (Wildman–Crippen MR) is 111 cm³/mol. The molecule has 10 heteroatoms. The molecule has 0 unspecified atom stereocenters. The van der Waals surface area contributed by atoms with Crippen LogP contribution in [0.25, 0.3) is 22.2 Å². The molecule has 7 nitrogen and oxygen atoms in total. The van der Waals surface area contributed by atoms with Crippen molar-refractivity contribution in [1.82, 2.24) is 29.4 Å². The van der Waals surface area contributed by atoms with Gasteiger partial charge in [-0.1, -0.05) is 24.3 Å². The number of amides is 1. The molecule has 0 saturated heterocycles. The molecule has 0 atom stereocenters. The van der Waals surface area contributed by atoms with Crippen LogP contribution < -0.4 is 0 Å². The summed E-state index contributed by atoms with van der Waals surface area (Å²) in [6.07, 6.45) is -2.44. The van der Waals surface area contributed by atoms with Gasteiger partial charge < -0.3 is 4.90 Å². The molecule has 0 fully saturated rings. The van der Waals surface area contributed by atoms with Gasteiger partial charge in [0.2, 0.25) is 0 Å². The lowest BCUT2D eigenvalue weighted by Gasteiger charge is -2.26. The van der Waals surface area contributed by atoms with Crippen LogP contribution in [-0.2, 0) is 33.2 Å². The summed E-state index contributed by atoms with van der Waals surface area (Å²) in [7, 11) is 3.17. The van der Waals surface area contributed by atoms with Crippen LogP contribution in [0.5, 0.6) is 0 Å². The molecule has 1 aliphatic heterocycles. The second-order valence-corrected chi connectivity index (χ2v) is 7.79. The Bertz CT molecular complexity index is 1350. The SMILES string of the molecule is Cn1nc(C(F)(F)F)cc1-c1c2c(nn1C)CN(C(=O)c1nccc3ccccc13)CC2. The Kier molecular flexibility index (Phi) is 4.54. The lowest BCUT2D eigenvalue weighted by molar-refractivity contribution is -0.141. The molecule has 4 heterocycles. The number of hydrogen-bond donors (Lipinski definition) is 0. The van der Waals surface area contributed by atoms with Gasteiger partial charge in [0.1, 0.15) is 5.69 Å². The van der Waals surface area contributed by atoms with Gasteiger partial charge in [0.15, 0.2) is 5.69 Å². The summed E-state index contributed by atoms with van der Waals surface area (Å²) in [6.45, 7) is 0.677. The fourth-order valence-electron chi connectivity index (χ4n) is 4.28. The average Bonchev–Trinajstić information content (AvgIpc) is 3.30. The van der Waals surface area contributed by atoms with Gasteiger partial charge in [-0.25, -0.2) is 0 Å². The number of carbonyl (C=O) groups is 1. The summed E-state index contributed by atoms with van der Waals surface area (Å²) < 4.78 is 42.2. The quantitative estimate of drug-likeness (QED) is 0.478. The van der Waals surface area contributed by atoms with Gasteiger partial charge in [-0.05, 0) is 23.9 Å². The van der Waals surface area contributed by atoms with E-state index in [-0.39, 0.29) is 12.5 Å². The topological polar surface area (TPSA) is 68.8 Å². The largest absolute Gasteiger partial charge is 0.435 e. The number of carbonyl (C=O) groups excluding carboxylic acids is 1. The summed E-state index contributed by atoms with van der Waals surface area (Å²) in [6, 6.07) is 10.5. The van der Waals surface area contributed by atoms with Crippen LogP contribution in [-0.4, -0.2) is 41.9 Å². The molecule has 1 aromatic carbocycles. The molecule has 4 aromatic rings. The van der Waals surface area contributed by atoms with E-state index < -0.39 is 11.9 Å².